The van der Waals surface area contributed by atoms with Gasteiger partial charge in [0.25, 0.3) is 0 Å². The normalized spacial score (nSPS) is 15.1. The zero-order valence-corrected chi connectivity index (χ0v) is 22.9. The number of nitrogens with one attached hydrogen (secondary N) is 2. The second kappa shape index (κ2) is 14.0. The van der Waals surface area contributed by atoms with Crippen molar-refractivity contribution in [3.05, 3.63) is 66.4 Å². The first-order valence-electron chi connectivity index (χ1n) is 12.4. The zero-order valence-electron chi connectivity index (χ0n) is 21.1. The van der Waals surface area contributed by atoms with Crippen molar-refractivity contribution in [2.75, 3.05) is 50.1 Å². The third-order valence-electron chi connectivity index (χ3n) is 6.05. The van der Waals surface area contributed by atoms with Gasteiger partial charge in [0.2, 0.25) is 5.95 Å². The summed E-state index contributed by atoms with van der Waals surface area (Å²) in [5, 5.41) is 6.15. The van der Waals surface area contributed by atoms with E-state index in [4.69, 9.17) is 4.52 Å². The molecule has 0 amide bonds. The van der Waals surface area contributed by atoms with Gasteiger partial charge in [-0.05, 0) is 81.2 Å². The second-order valence-electron chi connectivity index (χ2n) is 8.73. The molecule has 1 atom stereocenters. The van der Waals surface area contributed by atoms with E-state index in [1.54, 1.807) is 24.2 Å². The van der Waals surface area contributed by atoms with Gasteiger partial charge in [0, 0.05) is 75.8 Å². The maximum Gasteiger partial charge on any atom is 0.229 e. The van der Waals surface area contributed by atoms with Gasteiger partial charge in [-0.2, -0.15) is 4.98 Å². The van der Waals surface area contributed by atoms with Crippen molar-refractivity contribution in [1.29, 1.82) is 0 Å². The number of benzene rings is 2. The number of hydrogen-bond donors (Lipinski definition) is 2. The Hall–Kier alpha value is -2.36. The van der Waals surface area contributed by atoms with E-state index in [0.29, 0.717) is 32.3 Å². The molecule has 0 aliphatic carbocycles. The zero-order chi connectivity index (χ0) is 26.0. The van der Waals surface area contributed by atoms with Crippen LogP contribution in [0.2, 0.25) is 0 Å². The Kier molecular flexibility index (Phi) is 10.5. The molecule has 4 rings (SSSR count). The van der Waals surface area contributed by atoms with E-state index in [-0.39, 0.29) is 0 Å². The number of aromatic nitrogens is 2. The molecule has 2 heterocycles. The molecule has 1 aromatic heterocycles. The topological polar surface area (TPSA) is 65.6 Å². The minimum Gasteiger partial charge on any atom is -0.363 e. The van der Waals surface area contributed by atoms with Crippen LogP contribution in [0.1, 0.15) is 19.8 Å². The largest absolute Gasteiger partial charge is 0.363 e. The average Bonchev–Trinajstić information content (AvgIpc) is 2.90. The molecule has 1 saturated heterocycles. The van der Waals surface area contributed by atoms with Crippen LogP contribution in [0, 0.1) is 11.6 Å². The predicted molar refractivity (Wildman–Crippen MR) is 149 cm³/mol. The Bertz CT molecular complexity index is 1130. The summed E-state index contributed by atoms with van der Waals surface area (Å²) in [6.07, 6.45) is 5.06. The molecule has 1 unspecified atom stereocenters. The Morgan fingerprint density at radius 3 is 2.54 bits per heavy atom. The lowest BCUT2D eigenvalue weighted by Crippen LogP contribution is -2.41. The SMILES string of the molecule is CCOPCCN(C)C1CCN(Sc2ccc(Nc3nccc(Nc4ccc(F)c(F)c4)n3)cc2)CC1. The quantitative estimate of drug-likeness (QED) is 0.156. The van der Waals surface area contributed by atoms with Crippen LogP contribution in [0.4, 0.5) is 31.9 Å². The summed E-state index contributed by atoms with van der Waals surface area (Å²) < 4.78 is 34.5. The summed E-state index contributed by atoms with van der Waals surface area (Å²) >= 11 is 1.79. The van der Waals surface area contributed by atoms with E-state index in [2.05, 4.69) is 49.0 Å². The Morgan fingerprint density at radius 1 is 1.05 bits per heavy atom. The van der Waals surface area contributed by atoms with E-state index < -0.39 is 11.6 Å². The van der Waals surface area contributed by atoms with E-state index >= 15 is 0 Å². The van der Waals surface area contributed by atoms with Gasteiger partial charge < -0.3 is 20.1 Å². The molecule has 3 aromatic rings. The first-order chi connectivity index (χ1) is 18.0. The summed E-state index contributed by atoms with van der Waals surface area (Å²) in [5.74, 6) is -0.931. The minimum absolute atomic E-state index is 0.404. The van der Waals surface area contributed by atoms with E-state index in [1.807, 2.05) is 19.1 Å². The van der Waals surface area contributed by atoms with E-state index in [1.165, 1.54) is 23.8 Å². The number of anilines is 4. The van der Waals surface area contributed by atoms with Gasteiger partial charge in [0.05, 0.1) is 0 Å². The molecule has 0 spiro atoms. The number of piperidine rings is 1. The molecular formula is C26H33F2N6OPS. The third kappa shape index (κ3) is 8.58. The molecule has 1 aliphatic rings. The highest BCUT2D eigenvalue weighted by Gasteiger charge is 2.22. The predicted octanol–water partition coefficient (Wildman–Crippen LogP) is 6.28. The molecular weight excluding hydrogens is 513 g/mol. The summed E-state index contributed by atoms with van der Waals surface area (Å²) in [6.45, 7) is 6.08. The highest BCUT2D eigenvalue weighted by Crippen LogP contribution is 2.29. The average molecular weight is 547 g/mol. The van der Waals surface area contributed by atoms with Crippen LogP contribution in [-0.2, 0) is 4.52 Å². The van der Waals surface area contributed by atoms with E-state index in [9.17, 15) is 8.78 Å². The number of hydrogen-bond acceptors (Lipinski definition) is 8. The molecule has 0 saturated carbocycles. The molecule has 7 nitrogen and oxygen atoms in total. The lowest BCUT2D eigenvalue weighted by molar-refractivity contribution is 0.180. The monoisotopic (exact) mass is 546 g/mol. The summed E-state index contributed by atoms with van der Waals surface area (Å²) in [5.41, 5.74) is 1.27. The van der Waals surface area contributed by atoms with Crippen LogP contribution in [0.15, 0.2) is 59.6 Å². The molecule has 1 aliphatic heterocycles. The van der Waals surface area contributed by atoms with Crippen molar-refractivity contribution in [3.8, 4) is 0 Å². The summed E-state index contributed by atoms with van der Waals surface area (Å²) in [7, 11) is 2.83. The summed E-state index contributed by atoms with van der Waals surface area (Å²) in [4.78, 5) is 12.3. The standard InChI is InChI=1S/C26H33F2N6OPS/c1-3-35-36-17-16-33(2)21-11-14-34(15-12-21)37-22-7-4-19(5-8-22)31-26-29-13-10-25(32-26)30-20-6-9-23(27)24(28)18-20/h4-10,13,18,21,36H,3,11-12,14-17H2,1-2H3,(H2,29,30,31,32). The van der Waals surface area contributed by atoms with Crippen LogP contribution in [0.3, 0.4) is 0 Å². The van der Waals surface area contributed by atoms with Crippen molar-refractivity contribution in [2.24, 2.45) is 0 Å². The first-order valence-corrected chi connectivity index (χ1v) is 14.3. The smallest absolute Gasteiger partial charge is 0.229 e. The minimum atomic E-state index is -0.916. The highest BCUT2D eigenvalue weighted by atomic mass is 32.2. The van der Waals surface area contributed by atoms with Gasteiger partial charge in [0.1, 0.15) is 5.82 Å². The number of nitrogens with zero attached hydrogens (tertiary/aromatic N) is 4. The molecule has 0 radical (unpaired) electrons. The van der Waals surface area contributed by atoms with E-state index in [0.717, 1.165) is 50.2 Å². The van der Waals surface area contributed by atoms with Crippen LogP contribution in [0.5, 0.6) is 0 Å². The Balaban J connectivity index is 1.24. The maximum absolute atomic E-state index is 13.5. The number of rotatable bonds is 12. The Morgan fingerprint density at radius 2 is 1.81 bits per heavy atom. The lowest BCUT2D eigenvalue weighted by atomic mass is 10.1. The van der Waals surface area contributed by atoms with Gasteiger partial charge >= 0.3 is 0 Å². The highest BCUT2D eigenvalue weighted by molar-refractivity contribution is 7.97. The van der Waals surface area contributed by atoms with Crippen molar-refractivity contribution in [3.63, 3.8) is 0 Å². The van der Waals surface area contributed by atoms with Gasteiger partial charge in [-0.1, -0.05) is 0 Å². The molecule has 1 fully saturated rings. The Labute approximate surface area is 223 Å². The van der Waals surface area contributed by atoms with Gasteiger partial charge in [0.15, 0.2) is 11.6 Å². The van der Waals surface area contributed by atoms with Crippen LogP contribution in [-0.4, -0.2) is 64.7 Å². The molecule has 37 heavy (non-hydrogen) atoms. The fourth-order valence-corrected chi connectivity index (χ4v) is 5.78. The summed E-state index contributed by atoms with van der Waals surface area (Å²) in [6, 6.07) is 14.1. The molecule has 11 heteroatoms. The van der Waals surface area contributed by atoms with Crippen molar-refractivity contribution < 1.29 is 13.3 Å². The van der Waals surface area contributed by atoms with Crippen LogP contribution < -0.4 is 10.6 Å². The third-order valence-corrected chi connectivity index (χ3v) is 8.08. The van der Waals surface area contributed by atoms with Crippen LogP contribution >= 0.6 is 20.8 Å². The molecule has 0 bridgehead atoms. The van der Waals surface area contributed by atoms with Gasteiger partial charge in [-0.15, -0.1) is 0 Å². The van der Waals surface area contributed by atoms with Crippen molar-refractivity contribution in [1.82, 2.24) is 19.2 Å². The van der Waals surface area contributed by atoms with Crippen LogP contribution in [0.25, 0.3) is 0 Å². The fraction of sp³-hybridized carbons (Fsp3) is 0.385. The molecule has 198 valence electrons. The molecule has 2 aromatic carbocycles. The van der Waals surface area contributed by atoms with Gasteiger partial charge in [-0.25, -0.2) is 18.1 Å². The van der Waals surface area contributed by atoms with Crippen molar-refractivity contribution in [2.45, 2.75) is 30.7 Å². The van der Waals surface area contributed by atoms with Crippen molar-refractivity contribution >= 4 is 43.9 Å². The van der Waals surface area contributed by atoms with Gasteiger partial charge in [-0.3, -0.25) is 0 Å². The number of halogens is 2. The fourth-order valence-electron chi connectivity index (χ4n) is 4.04. The maximum atomic E-state index is 13.5. The first kappa shape index (κ1) is 27.7. The molecule has 2 N–H and O–H groups in total. The lowest BCUT2D eigenvalue weighted by Gasteiger charge is -2.36. The second-order valence-corrected chi connectivity index (χ2v) is 11.0.